The van der Waals surface area contributed by atoms with Crippen LogP contribution in [0.15, 0.2) is 12.4 Å². The van der Waals surface area contributed by atoms with Crippen molar-refractivity contribution in [3.05, 3.63) is 18.0 Å². The molecule has 22 heavy (non-hydrogen) atoms. The number of carbonyl (C=O) groups is 1. The molecule has 3 rings (SSSR count). The van der Waals surface area contributed by atoms with Crippen molar-refractivity contribution < 1.29 is 13.2 Å². The molecule has 1 unspecified atom stereocenters. The van der Waals surface area contributed by atoms with Crippen molar-refractivity contribution in [3.63, 3.8) is 0 Å². The fourth-order valence-electron chi connectivity index (χ4n) is 3.64. The Kier molecular flexibility index (Phi) is 4.25. The number of aromatic nitrogens is 2. The summed E-state index contributed by atoms with van der Waals surface area (Å²) in [6, 6.07) is -0.0278. The number of sulfone groups is 1. The third kappa shape index (κ3) is 3.04. The van der Waals surface area contributed by atoms with Gasteiger partial charge in [0.2, 0.25) is 5.91 Å². The number of aryl methyl sites for hydroxylation is 1. The third-order valence-corrected chi connectivity index (χ3v) is 6.95. The number of likely N-dealkylation sites (tertiary alicyclic amines) is 1. The van der Waals surface area contributed by atoms with Crippen LogP contribution in [0.1, 0.15) is 50.1 Å². The Morgan fingerprint density at radius 2 is 2.00 bits per heavy atom. The number of amides is 1. The Balaban J connectivity index is 1.71. The van der Waals surface area contributed by atoms with Gasteiger partial charge in [0.15, 0.2) is 9.84 Å². The molecule has 122 valence electrons. The molecule has 1 saturated heterocycles. The van der Waals surface area contributed by atoms with Crippen LogP contribution in [0.25, 0.3) is 0 Å². The standard InChI is InChI=1S/C15H23N3O3S/c1-17-10-12(9-16-17)14-7-4-8-18(14)15(19)11-22(20,21)13-5-2-3-6-13/h9-10,13-14H,2-8,11H2,1H3. The smallest absolute Gasteiger partial charge is 0.238 e. The van der Waals surface area contributed by atoms with E-state index < -0.39 is 9.84 Å². The van der Waals surface area contributed by atoms with E-state index in [0.717, 1.165) is 31.2 Å². The molecule has 1 aromatic rings. The van der Waals surface area contributed by atoms with Crippen molar-refractivity contribution >= 4 is 15.7 Å². The number of hydrogen-bond donors (Lipinski definition) is 0. The van der Waals surface area contributed by atoms with Gasteiger partial charge in [-0.3, -0.25) is 9.48 Å². The normalized spacial score (nSPS) is 23.3. The molecule has 0 aromatic carbocycles. The molecule has 0 radical (unpaired) electrons. The second-order valence-electron chi connectivity index (χ2n) is 6.41. The van der Waals surface area contributed by atoms with Crippen molar-refractivity contribution in [3.8, 4) is 0 Å². The van der Waals surface area contributed by atoms with Gasteiger partial charge in [-0.05, 0) is 25.7 Å². The molecule has 1 aliphatic heterocycles. The van der Waals surface area contributed by atoms with E-state index in [0.29, 0.717) is 19.4 Å². The second kappa shape index (κ2) is 6.02. The van der Waals surface area contributed by atoms with Gasteiger partial charge in [-0.15, -0.1) is 0 Å². The molecule has 1 aliphatic carbocycles. The fraction of sp³-hybridized carbons (Fsp3) is 0.733. The molecule has 2 heterocycles. The van der Waals surface area contributed by atoms with Crippen LogP contribution in [0.2, 0.25) is 0 Å². The van der Waals surface area contributed by atoms with Crippen molar-refractivity contribution in [1.29, 1.82) is 0 Å². The molecular weight excluding hydrogens is 302 g/mol. The highest BCUT2D eigenvalue weighted by molar-refractivity contribution is 7.92. The molecule has 6 nitrogen and oxygen atoms in total. The van der Waals surface area contributed by atoms with E-state index in [9.17, 15) is 13.2 Å². The summed E-state index contributed by atoms with van der Waals surface area (Å²) in [5.74, 6) is -0.590. The highest BCUT2D eigenvalue weighted by Gasteiger charge is 2.36. The van der Waals surface area contributed by atoms with E-state index >= 15 is 0 Å². The molecule has 1 aromatic heterocycles. The fourth-order valence-corrected chi connectivity index (χ4v) is 5.44. The number of nitrogens with zero attached hydrogens (tertiary/aromatic N) is 3. The summed E-state index contributed by atoms with van der Waals surface area (Å²) in [6.07, 6.45) is 8.79. The molecule has 1 atom stereocenters. The molecule has 1 amide bonds. The van der Waals surface area contributed by atoms with Crippen LogP contribution >= 0.6 is 0 Å². The lowest BCUT2D eigenvalue weighted by molar-refractivity contribution is -0.129. The average molecular weight is 325 g/mol. The minimum atomic E-state index is -3.31. The maximum Gasteiger partial charge on any atom is 0.238 e. The van der Waals surface area contributed by atoms with Crippen LogP contribution in [0, 0.1) is 0 Å². The molecule has 2 aliphatic rings. The van der Waals surface area contributed by atoms with Gasteiger partial charge in [-0.2, -0.15) is 5.10 Å². The van der Waals surface area contributed by atoms with Crippen molar-refractivity contribution in [1.82, 2.24) is 14.7 Å². The quantitative estimate of drug-likeness (QED) is 0.840. The van der Waals surface area contributed by atoms with Crippen molar-refractivity contribution in [2.24, 2.45) is 7.05 Å². The van der Waals surface area contributed by atoms with Crippen LogP contribution in [0.4, 0.5) is 0 Å². The monoisotopic (exact) mass is 325 g/mol. The first-order valence-corrected chi connectivity index (χ1v) is 9.68. The zero-order valence-corrected chi connectivity index (χ0v) is 13.8. The van der Waals surface area contributed by atoms with Gasteiger partial charge in [-0.25, -0.2) is 8.42 Å². The zero-order chi connectivity index (χ0) is 15.7. The highest BCUT2D eigenvalue weighted by Crippen LogP contribution is 2.32. The molecule has 0 N–H and O–H groups in total. The van der Waals surface area contributed by atoms with Gasteiger partial charge in [0, 0.05) is 25.4 Å². The van der Waals surface area contributed by atoms with Crippen LogP contribution < -0.4 is 0 Å². The van der Waals surface area contributed by atoms with Gasteiger partial charge >= 0.3 is 0 Å². The molecule has 0 bridgehead atoms. The second-order valence-corrected chi connectivity index (χ2v) is 8.69. The van der Waals surface area contributed by atoms with Crippen molar-refractivity contribution in [2.45, 2.75) is 49.8 Å². The summed E-state index contributed by atoms with van der Waals surface area (Å²) in [4.78, 5) is 14.3. The van der Waals surface area contributed by atoms with E-state index in [-0.39, 0.29) is 23.0 Å². The Labute approximate surface area is 131 Å². The first-order chi connectivity index (χ1) is 10.5. The van der Waals surface area contributed by atoms with E-state index in [1.165, 1.54) is 0 Å². The zero-order valence-electron chi connectivity index (χ0n) is 12.9. The molecule has 0 spiro atoms. The summed E-state index contributed by atoms with van der Waals surface area (Å²) < 4.78 is 26.5. The van der Waals surface area contributed by atoms with Gasteiger partial charge in [-0.1, -0.05) is 12.8 Å². The molecular formula is C15H23N3O3S. The maximum atomic E-state index is 12.5. The van der Waals surface area contributed by atoms with E-state index in [1.807, 2.05) is 13.2 Å². The van der Waals surface area contributed by atoms with Crippen LogP contribution in [-0.4, -0.2) is 46.6 Å². The van der Waals surface area contributed by atoms with Gasteiger partial charge in [0.1, 0.15) is 5.75 Å². The predicted molar refractivity (Wildman–Crippen MR) is 82.9 cm³/mol. The molecule has 2 fully saturated rings. The Morgan fingerprint density at radius 1 is 1.27 bits per heavy atom. The third-order valence-electron chi connectivity index (χ3n) is 4.82. The minimum absolute atomic E-state index is 0.0278. The lowest BCUT2D eigenvalue weighted by Crippen LogP contribution is -2.37. The molecule has 1 saturated carbocycles. The van der Waals surface area contributed by atoms with Crippen molar-refractivity contribution in [2.75, 3.05) is 12.3 Å². The summed E-state index contributed by atoms with van der Waals surface area (Å²) in [6.45, 7) is 0.637. The number of carbonyl (C=O) groups excluding carboxylic acids is 1. The Bertz CT molecular complexity index is 647. The lowest BCUT2D eigenvalue weighted by Gasteiger charge is -2.24. The SMILES string of the molecule is Cn1cc(C2CCCN2C(=O)CS(=O)(=O)C2CCCC2)cn1. The van der Waals surface area contributed by atoms with Gasteiger partial charge in [0.05, 0.1) is 17.5 Å². The van der Waals surface area contributed by atoms with Crippen LogP contribution in [-0.2, 0) is 21.7 Å². The van der Waals surface area contributed by atoms with E-state index in [4.69, 9.17) is 0 Å². The summed E-state index contributed by atoms with van der Waals surface area (Å²) >= 11 is 0. The largest absolute Gasteiger partial charge is 0.335 e. The van der Waals surface area contributed by atoms with Gasteiger partial charge in [0.25, 0.3) is 0 Å². The van der Waals surface area contributed by atoms with Gasteiger partial charge < -0.3 is 4.90 Å². The Hall–Kier alpha value is -1.37. The topological polar surface area (TPSA) is 72.3 Å². The molecule has 7 heteroatoms. The summed E-state index contributed by atoms with van der Waals surface area (Å²) in [5.41, 5.74) is 0.992. The lowest BCUT2D eigenvalue weighted by atomic mass is 10.1. The van der Waals surface area contributed by atoms with E-state index in [1.54, 1.807) is 15.8 Å². The first kappa shape index (κ1) is 15.5. The predicted octanol–water partition coefficient (Wildman–Crippen LogP) is 1.44. The first-order valence-electron chi connectivity index (χ1n) is 7.97. The van der Waals surface area contributed by atoms with Crippen LogP contribution in [0.5, 0.6) is 0 Å². The highest BCUT2D eigenvalue weighted by atomic mass is 32.2. The van der Waals surface area contributed by atoms with Crippen LogP contribution in [0.3, 0.4) is 0 Å². The maximum absolute atomic E-state index is 12.5. The number of rotatable bonds is 4. The number of hydrogen-bond acceptors (Lipinski definition) is 4. The Morgan fingerprint density at radius 3 is 2.64 bits per heavy atom. The summed E-state index contributed by atoms with van der Waals surface area (Å²) in [5, 5.41) is 3.84. The average Bonchev–Trinajstić information content (AvgIpc) is 3.19. The van der Waals surface area contributed by atoms with E-state index in [2.05, 4.69) is 5.10 Å². The summed E-state index contributed by atoms with van der Waals surface area (Å²) in [7, 11) is -1.47. The minimum Gasteiger partial charge on any atom is -0.335 e.